The summed E-state index contributed by atoms with van der Waals surface area (Å²) in [5.41, 5.74) is 0.602. The third-order valence-corrected chi connectivity index (χ3v) is 7.99. The predicted octanol–water partition coefficient (Wildman–Crippen LogP) is 2.60. The fourth-order valence-corrected chi connectivity index (χ4v) is 6.16. The summed E-state index contributed by atoms with van der Waals surface area (Å²) >= 11 is 1.93. The van der Waals surface area contributed by atoms with Crippen molar-refractivity contribution in [1.29, 1.82) is 0 Å². The van der Waals surface area contributed by atoms with Crippen molar-refractivity contribution < 1.29 is 19.1 Å². The van der Waals surface area contributed by atoms with Crippen LogP contribution in [0.5, 0.6) is 11.5 Å². The highest BCUT2D eigenvalue weighted by Crippen LogP contribution is 2.33. The van der Waals surface area contributed by atoms with Crippen molar-refractivity contribution >= 4 is 23.6 Å². The van der Waals surface area contributed by atoms with Crippen LogP contribution in [-0.2, 0) is 4.79 Å². The van der Waals surface area contributed by atoms with E-state index in [1.807, 2.05) is 16.7 Å². The molecule has 2 amide bonds. The Morgan fingerprint density at radius 2 is 1.56 bits per heavy atom. The van der Waals surface area contributed by atoms with Gasteiger partial charge in [0.2, 0.25) is 5.91 Å². The van der Waals surface area contributed by atoms with Gasteiger partial charge in [0.25, 0.3) is 5.91 Å². The Morgan fingerprint density at radius 1 is 0.906 bits per heavy atom. The van der Waals surface area contributed by atoms with Gasteiger partial charge < -0.3 is 19.3 Å². The third-order valence-electron chi connectivity index (χ3n) is 7.05. The molecule has 1 aliphatic carbocycles. The summed E-state index contributed by atoms with van der Waals surface area (Å²) in [5.74, 6) is 4.02. The Labute approximate surface area is 195 Å². The van der Waals surface area contributed by atoms with Crippen LogP contribution in [0.2, 0.25) is 0 Å². The zero-order chi connectivity index (χ0) is 22.5. The molecule has 2 heterocycles. The fourth-order valence-electron chi connectivity index (χ4n) is 5.25. The number of thioether (sulfide) groups is 1. The quantitative estimate of drug-likeness (QED) is 0.649. The minimum Gasteiger partial charge on any atom is -0.493 e. The van der Waals surface area contributed by atoms with E-state index in [-0.39, 0.29) is 11.9 Å². The van der Waals surface area contributed by atoms with E-state index in [2.05, 4.69) is 9.80 Å². The number of amides is 2. The molecule has 0 aromatic heterocycles. The molecular formula is C24H35N3O4S. The van der Waals surface area contributed by atoms with E-state index in [0.29, 0.717) is 42.0 Å². The second kappa shape index (κ2) is 10.8. The molecule has 0 spiro atoms. The number of piperazine rings is 1. The van der Waals surface area contributed by atoms with E-state index in [4.69, 9.17) is 9.47 Å². The Bertz CT molecular complexity index is 800. The van der Waals surface area contributed by atoms with Crippen molar-refractivity contribution in [1.82, 2.24) is 14.7 Å². The Hall–Kier alpha value is -1.93. The molecular weight excluding hydrogens is 426 g/mol. The van der Waals surface area contributed by atoms with Gasteiger partial charge in [-0.1, -0.05) is 12.8 Å². The molecule has 1 atom stereocenters. The second-order valence-electron chi connectivity index (χ2n) is 8.82. The maximum absolute atomic E-state index is 13.5. The normalized spacial score (nSPS) is 21.4. The molecule has 0 N–H and O–H groups in total. The Balaban J connectivity index is 1.42. The minimum absolute atomic E-state index is 0.00222. The summed E-state index contributed by atoms with van der Waals surface area (Å²) < 4.78 is 10.6. The molecule has 1 saturated carbocycles. The molecule has 0 radical (unpaired) electrons. The van der Waals surface area contributed by atoms with Gasteiger partial charge in [-0.15, -0.1) is 0 Å². The Morgan fingerprint density at radius 3 is 2.19 bits per heavy atom. The predicted molar refractivity (Wildman–Crippen MR) is 127 cm³/mol. The number of rotatable bonds is 6. The topological polar surface area (TPSA) is 62.3 Å². The standard InChI is InChI=1S/C24H35N3O4S/c1-30-20-8-7-19(17-21(20)31-2)23(28)26-11-9-25(10-12-26)22(18-5-3-4-6-18)24(29)27-13-15-32-16-14-27/h7-8,17-18,22H,3-6,9-16H2,1-2H3. The molecule has 2 saturated heterocycles. The zero-order valence-electron chi connectivity index (χ0n) is 19.3. The molecule has 2 aliphatic heterocycles. The molecule has 32 heavy (non-hydrogen) atoms. The second-order valence-corrected chi connectivity index (χ2v) is 10.0. The van der Waals surface area contributed by atoms with Gasteiger partial charge in [0, 0.05) is 56.3 Å². The van der Waals surface area contributed by atoms with Crippen molar-refractivity contribution in [3.05, 3.63) is 23.8 Å². The van der Waals surface area contributed by atoms with Crippen molar-refractivity contribution in [3.63, 3.8) is 0 Å². The first-order valence-corrected chi connectivity index (χ1v) is 12.9. The number of benzene rings is 1. The molecule has 1 aromatic rings. The lowest BCUT2D eigenvalue weighted by molar-refractivity contribution is -0.139. The summed E-state index contributed by atoms with van der Waals surface area (Å²) in [6, 6.07) is 5.27. The smallest absolute Gasteiger partial charge is 0.254 e. The molecule has 3 aliphatic rings. The summed E-state index contributed by atoms with van der Waals surface area (Å²) in [6.45, 7) is 4.50. The van der Waals surface area contributed by atoms with Crippen LogP contribution in [0.3, 0.4) is 0 Å². The number of hydrogen-bond acceptors (Lipinski definition) is 6. The number of hydrogen-bond donors (Lipinski definition) is 0. The molecule has 7 nitrogen and oxygen atoms in total. The third kappa shape index (κ3) is 5.01. The maximum Gasteiger partial charge on any atom is 0.254 e. The average molecular weight is 462 g/mol. The SMILES string of the molecule is COc1ccc(C(=O)N2CCN(C(C(=O)N3CCSCC3)C3CCCC3)CC2)cc1OC. The van der Waals surface area contributed by atoms with Gasteiger partial charge in [0.05, 0.1) is 20.3 Å². The first-order chi connectivity index (χ1) is 15.6. The first-order valence-electron chi connectivity index (χ1n) is 11.7. The van der Waals surface area contributed by atoms with E-state index >= 15 is 0 Å². The minimum atomic E-state index is -0.0288. The molecule has 3 fully saturated rings. The molecule has 4 rings (SSSR count). The van der Waals surface area contributed by atoms with Crippen LogP contribution >= 0.6 is 11.8 Å². The van der Waals surface area contributed by atoms with Crippen LogP contribution in [0.1, 0.15) is 36.0 Å². The van der Waals surface area contributed by atoms with Gasteiger partial charge in [-0.25, -0.2) is 0 Å². The molecule has 1 unspecified atom stereocenters. The van der Waals surface area contributed by atoms with Gasteiger partial charge in [-0.3, -0.25) is 14.5 Å². The summed E-state index contributed by atoms with van der Waals surface area (Å²) in [7, 11) is 3.16. The van der Waals surface area contributed by atoms with Gasteiger partial charge >= 0.3 is 0 Å². The number of methoxy groups -OCH3 is 2. The lowest BCUT2D eigenvalue weighted by Crippen LogP contribution is -2.59. The van der Waals surface area contributed by atoms with Crippen LogP contribution in [-0.4, -0.2) is 97.5 Å². The summed E-state index contributed by atoms with van der Waals surface area (Å²) in [6.07, 6.45) is 4.73. The summed E-state index contributed by atoms with van der Waals surface area (Å²) in [4.78, 5) is 33.0. The highest BCUT2D eigenvalue weighted by molar-refractivity contribution is 7.99. The van der Waals surface area contributed by atoms with E-state index in [1.165, 1.54) is 12.8 Å². The van der Waals surface area contributed by atoms with Crippen molar-refractivity contribution in [2.45, 2.75) is 31.7 Å². The highest BCUT2D eigenvalue weighted by Gasteiger charge is 2.39. The Kier molecular flexibility index (Phi) is 7.84. The monoisotopic (exact) mass is 461 g/mol. The first kappa shape index (κ1) is 23.2. The van der Waals surface area contributed by atoms with E-state index in [0.717, 1.165) is 50.5 Å². The lowest BCUT2D eigenvalue weighted by atomic mass is 9.94. The van der Waals surface area contributed by atoms with Crippen molar-refractivity contribution in [2.24, 2.45) is 5.92 Å². The van der Waals surface area contributed by atoms with Crippen LogP contribution < -0.4 is 9.47 Å². The number of ether oxygens (including phenoxy) is 2. The van der Waals surface area contributed by atoms with Crippen molar-refractivity contribution in [3.8, 4) is 11.5 Å². The van der Waals surface area contributed by atoms with E-state index in [1.54, 1.807) is 32.4 Å². The fraction of sp³-hybridized carbons (Fsp3) is 0.667. The van der Waals surface area contributed by atoms with Crippen LogP contribution in [0.25, 0.3) is 0 Å². The van der Waals surface area contributed by atoms with Gasteiger partial charge in [0.15, 0.2) is 11.5 Å². The van der Waals surface area contributed by atoms with Crippen LogP contribution in [0.4, 0.5) is 0 Å². The van der Waals surface area contributed by atoms with Gasteiger partial charge in [-0.2, -0.15) is 11.8 Å². The molecule has 8 heteroatoms. The summed E-state index contributed by atoms with van der Waals surface area (Å²) in [5, 5.41) is 0. The maximum atomic E-state index is 13.5. The van der Waals surface area contributed by atoms with E-state index in [9.17, 15) is 9.59 Å². The number of nitrogens with zero attached hydrogens (tertiary/aromatic N) is 3. The average Bonchev–Trinajstić information content (AvgIpc) is 3.38. The van der Waals surface area contributed by atoms with Crippen LogP contribution in [0.15, 0.2) is 18.2 Å². The van der Waals surface area contributed by atoms with Crippen molar-refractivity contribution in [2.75, 3.05) is 65.0 Å². The molecule has 0 bridgehead atoms. The molecule has 176 valence electrons. The van der Waals surface area contributed by atoms with Gasteiger partial charge in [-0.05, 0) is 37.0 Å². The zero-order valence-corrected chi connectivity index (χ0v) is 20.1. The van der Waals surface area contributed by atoms with E-state index < -0.39 is 0 Å². The highest BCUT2D eigenvalue weighted by atomic mass is 32.2. The number of carbonyl (C=O) groups excluding carboxylic acids is 2. The van der Waals surface area contributed by atoms with Crippen LogP contribution in [0, 0.1) is 5.92 Å². The largest absolute Gasteiger partial charge is 0.493 e. The lowest BCUT2D eigenvalue weighted by Gasteiger charge is -2.43. The number of carbonyl (C=O) groups is 2. The van der Waals surface area contributed by atoms with Gasteiger partial charge in [0.1, 0.15) is 0 Å². The molecule has 1 aromatic carbocycles.